The fraction of sp³-hybridized carbons (Fsp3) is 0.0370. The van der Waals surface area contributed by atoms with E-state index in [0.717, 1.165) is 31.2 Å². The lowest BCUT2D eigenvalue weighted by Crippen LogP contribution is -2.16. The molecule has 0 aliphatic carbocycles. The van der Waals surface area contributed by atoms with E-state index >= 15 is 0 Å². The van der Waals surface area contributed by atoms with Crippen LogP contribution in [0.15, 0.2) is 103 Å². The SMILES string of the molecule is O=C(N/N=C/c1ccc(OCc2ccc3ccccc3c2)c(Br)c1)c1cc2cc(Br)ccc2o1. The smallest absolute Gasteiger partial charge is 0.307 e. The summed E-state index contributed by atoms with van der Waals surface area (Å²) in [5.74, 6) is 0.504. The zero-order valence-electron chi connectivity index (χ0n) is 17.8. The van der Waals surface area contributed by atoms with Gasteiger partial charge in [-0.15, -0.1) is 0 Å². The van der Waals surface area contributed by atoms with E-state index in [1.807, 2.05) is 42.5 Å². The van der Waals surface area contributed by atoms with Crippen LogP contribution >= 0.6 is 31.9 Å². The van der Waals surface area contributed by atoms with Gasteiger partial charge in [-0.3, -0.25) is 4.79 Å². The largest absolute Gasteiger partial charge is 0.488 e. The summed E-state index contributed by atoms with van der Waals surface area (Å²) in [4.78, 5) is 12.4. The standard InChI is InChI=1S/C27H18Br2N2O3/c28-22-8-10-24-21(13-22)14-26(34-24)27(32)31-30-15-17-6-9-25(23(29)12-17)33-16-18-5-7-19-3-1-2-4-20(19)11-18/h1-15H,16H2,(H,31,32)/b30-15+. The van der Waals surface area contributed by atoms with Crippen LogP contribution in [0, 0.1) is 0 Å². The predicted octanol–water partition coefficient (Wildman–Crippen LogP) is 7.45. The quantitative estimate of drug-likeness (QED) is 0.168. The van der Waals surface area contributed by atoms with E-state index in [-0.39, 0.29) is 5.76 Å². The fourth-order valence-electron chi connectivity index (χ4n) is 3.55. The molecule has 5 rings (SSSR count). The van der Waals surface area contributed by atoms with E-state index in [1.54, 1.807) is 18.3 Å². The van der Waals surface area contributed by atoms with Crippen LogP contribution in [0.4, 0.5) is 0 Å². The van der Waals surface area contributed by atoms with Crippen LogP contribution < -0.4 is 10.2 Å². The van der Waals surface area contributed by atoms with E-state index in [4.69, 9.17) is 9.15 Å². The summed E-state index contributed by atoms with van der Waals surface area (Å²) in [7, 11) is 0. The van der Waals surface area contributed by atoms with E-state index < -0.39 is 5.91 Å². The van der Waals surface area contributed by atoms with Crippen LogP contribution in [0.1, 0.15) is 21.7 Å². The number of carbonyl (C=O) groups is 1. The molecule has 0 aliphatic heterocycles. The van der Waals surface area contributed by atoms with E-state index in [0.29, 0.717) is 12.2 Å². The van der Waals surface area contributed by atoms with Crippen molar-refractivity contribution in [3.8, 4) is 5.75 Å². The number of furan rings is 1. The van der Waals surface area contributed by atoms with Gasteiger partial charge in [0.25, 0.3) is 0 Å². The van der Waals surface area contributed by atoms with Crippen LogP contribution in [0.2, 0.25) is 0 Å². The number of amides is 1. The van der Waals surface area contributed by atoms with Crippen LogP contribution in [0.5, 0.6) is 5.75 Å². The molecule has 0 bridgehead atoms. The number of benzene rings is 4. The van der Waals surface area contributed by atoms with E-state index in [1.165, 1.54) is 10.8 Å². The molecule has 1 amide bonds. The average molecular weight is 578 g/mol. The molecule has 0 saturated heterocycles. The second kappa shape index (κ2) is 9.83. The first-order valence-electron chi connectivity index (χ1n) is 10.5. The van der Waals surface area contributed by atoms with Crippen molar-refractivity contribution in [3.63, 3.8) is 0 Å². The number of nitrogens with zero attached hydrogens (tertiary/aromatic N) is 1. The van der Waals surface area contributed by atoms with Crippen molar-refractivity contribution >= 4 is 65.7 Å². The van der Waals surface area contributed by atoms with Gasteiger partial charge in [0.2, 0.25) is 0 Å². The maximum Gasteiger partial charge on any atom is 0.307 e. The molecule has 0 radical (unpaired) electrons. The Bertz CT molecular complexity index is 1540. The highest BCUT2D eigenvalue weighted by Crippen LogP contribution is 2.27. The number of carbonyl (C=O) groups excluding carboxylic acids is 1. The number of nitrogens with one attached hydrogen (secondary N) is 1. The third-order valence-electron chi connectivity index (χ3n) is 5.25. The van der Waals surface area contributed by atoms with Crippen molar-refractivity contribution in [2.75, 3.05) is 0 Å². The minimum atomic E-state index is -0.419. The molecule has 0 unspecified atom stereocenters. The second-order valence-electron chi connectivity index (χ2n) is 7.65. The maximum absolute atomic E-state index is 12.4. The highest BCUT2D eigenvalue weighted by atomic mass is 79.9. The van der Waals surface area contributed by atoms with E-state index in [2.05, 4.69) is 72.7 Å². The van der Waals surface area contributed by atoms with Gasteiger partial charge in [-0.1, -0.05) is 52.3 Å². The zero-order valence-corrected chi connectivity index (χ0v) is 21.0. The van der Waals surface area contributed by atoms with Crippen molar-refractivity contribution in [1.82, 2.24) is 5.43 Å². The fourth-order valence-corrected chi connectivity index (χ4v) is 4.44. The van der Waals surface area contributed by atoms with Crippen molar-refractivity contribution in [1.29, 1.82) is 0 Å². The topological polar surface area (TPSA) is 63.8 Å². The van der Waals surface area contributed by atoms with Gasteiger partial charge < -0.3 is 9.15 Å². The molecule has 0 saturated carbocycles. The Balaban J connectivity index is 1.20. The highest BCUT2D eigenvalue weighted by Gasteiger charge is 2.12. The molecule has 5 nitrogen and oxygen atoms in total. The first kappa shape index (κ1) is 22.4. The number of rotatable bonds is 6. The normalized spacial score (nSPS) is 11.4. The van der Waals surface area contributed by atoms with Gasteiger partial charge in [0.15, 0.2) is 5.76 Å². The monoisotopic (exact) mass is 576 g/mol. The Kier molecular flexibility index (Phi) is 6.47. The van der Waals surface area contributed by atoms with Crippen LogP contribution in [-0.4, -0.2) is 12.1 Å². The summed E-state index contributed by atoms with van der Waals surface area (Å²) in [5.41, 5.74) is 5.03. The van der Waals surface area contributed by atoms with Crippen LogP contribution in [0.3, 0.4) is 0 Å². The van der Waals surface area contributed by atoms with Gasteiger partial charge in [0.1, 0.15) is 17.9 Å². The van der Waals surface area contributed by atoms with Crippen LogP contribution in [0.25, 0.3) is 21.7 Å². The molecule has 0 spiro atoms. The third-order valence-corrected chi connectivity index (χ3v) is 6.36. The molecule has 34 heavy (non-hydrogen) atoms. The molecule has 0 atom stereocenters. The maximum atomic E-state index is 12.4. The van der Waals surface area contributed by atoms with Crippen molar-refractivity contribution < 1.29 is 13.9 Å². The van der Waals surface area contributed by atoms with Crippen molar-refractivity contribution in [2.45, 2.75) is 6.61 Å². The minimum absolute atomic E-state index is 0.198. The Morgan fingerprint density at radius 2 is 1.76 bits per heavy atom. The lowest BCUT2D eigenvalue weighted by Gasteiger charge is -2.09. The molecule has 0 fully saturated rings. The lowest BCUT2D eigenvalue weighted by atomic mass is 10.1. The molecule has 168 valence electrons. The van der Waals surface area contributed by atoms with Crippen molar-refractivity contribution in [2.24, 2.45) is 5.10 Å². The Morgan fingerprint density at radius 1 is 0.912 bits per heavy atom. The molecule has 4 aromatic carbocycles. The molecule has 7 heteroatoms. The predicted molar refractivity (Wildman–Crippen MR) is 141 cm³/mol. The number of fused-ring (bicyclic) bond motifs is 2. The number of hydrogen-bond acceptors (Lipinski definition) is 4. The molecule has 5 aromatic rings. The number of hydrogen-bond donors (Lipinski definition) is 1. The second-order valence-corrected chi connectivity index (χ2v) is 9.42. The Labute approximate surface area is 212 Å². The van der Waals surface area contributed by atoms with Gasteiger partial charge >= 0.3 is 5.91 Å². The summed E-state index contributed by atoms with van der Waals surface area (Å²) < 4.78 is 13.3. The summed E-state index contributed by atoms with van der Waals surface area (Å²) in [6, 6.07) is 27.4. The lowest BCUT2D eigenvalue weighted by molar-refractivity contribution is 0.0929. The summed E-state index contributed by atoms with van der Waals surface area (Å²) in [6.45, 7) is 0.459. The summed E-state index contributed by atoms with van der Waals surface area (Å²) >= 11 is 6.96. The molecular weight excluding hydrogens is 560 g/mol. The highest BCUT2D eigenvalue weighted by molar-refractivity contribution is 9.10. The zero-order chi connectivity index (χ0) is 23.5. The summed E-state index contributed by atoms with van der Waals surface area (Å²) in [6.07, 6.45) is 1.56. The van der Waals surface area contributed by atoms with Gasteiger partial charge in [-0.05, 0) is 86.4 Å². The van der Waals surface area contributed by atoms with Gasteiger partial charge in [0, 0.05) is 9.86 Å². The third kappa shape index (κ3) is 5.05. The summed E-state index contributed by atoms with van der Waals surface area (Å²) in [5, 5.41) is 7.28. The van der Waals surface area contributed by atoms with Crippen LogP contribution in [-0.2, 0) is 6.61 Å². The van der Waals surface area contributed by atoms with Gasteiger partial charge in [-0.25, -0.2) is 5.43 Å². The Morgan fingerprint density at radius 3 is 2.62 bits per heavy atom. The molecule has 1 heterocycles. The first-order valence-corrected chi connectivity index (χ1v) is 12.1. The van der Waals surface area contributed by atoms with Gasteiger partial charge in [0.05, 0.1) is 10.7 Å². The molecule has 0 aliphatic rings. The average Bonchev–Trinajstić information content (AvgIpc) is 3.27. The van der Waals surface area contributed by atoms with E-state index in [9.17, 15) is 4.79 Å². The number of ether oxygens (including phenoxy) is 1. The number of hydrazone groups is 1. The number of halogens is 2. The minimum Gasteiger partial charge on any atom is -0.488 e. The molecule has 1 N–H and O–H groups in total. The Hall–Kier alpha value is -3.42. The molecule has 1 aromatic heterocycles. The van der Waals surface area contributed by atoms with Gasteiger partial charge in [-0.2, -0.15) is 5.10 Å². The first-order chi connectivity index (χ1) is 16.5. The molecular formula is C27H18Br2N2O3. The van der Waals surface area contributed by atoms with Crippen molar-refractivity contribution in [3.05, 3.63) is 111 Å².